The van der Waals surface area contributed by atoms with E-state index in [-0.39, 0.29) is 16.9 Å². The molecular weight excluding hydrogens is 298 g/mol. The fourth-order valence-electron chi connectivity index (χ4n) is 7.40. The van der Waals surface area contributed by atoms with E-state index in [1.54, 1.807) is 0 Å². The van der Waals surface area contributed by atoms with Gasteiger partial charge >= 0.3 is 0 Å². The minimum atomic E-state index is -0.551. The summed E-state index contributed by atoms with van der Waals surface area (Å²) in [5, 5.41) is 21.4. The van der Waals surface area contributed by atoms with E-state index in [0.29, 0.717) is 18.4 Å². The van der Waals surface area contributed by atoms with Crippen LogP contribution in [0.15, 0.2) is 11.6 Å². The number of nitrogens with two attached hydrogens (primary N) is 1. The van der Waals surface area contributed by atoms with Gasteiger partial charge in [-0.25, -0.2) is 0 Å². The summed E-state index contributed by atoms with van der Waals surface area (Å²) in [6.45, 7) is 5.40. The second-order valence-corrected chi connectivity index (χ2v) is 9.72. The van der Waals surface area contributed by atoms with Gasteiger partial charge in [0.05, 0.1) is 11.7 Å². The summed E-state index contributed by atoms with van der Waals surface area (Å²) >= 11 is 0. The molecule has 0 bridgehead atoms. The predicted octanol–water partition coefficient (Wildman–Crippen LogP) is 3.39. The molecule has 136 valence electrons. The van der Waals surface area contributed by atoms with E-state index in [4.69, 9.17) is 5.73 Å². The SMILES string of the molecule is CC12CCC(O)CC1=CCC1C2CCC2(C)C1CCC2(O)CCN. The van der Waals surface area contributed by atoms with Gasteiger partial charge < -0.3 is 15.9 Å². The number of hydrogen-bond acceptors (Lipinski definition) is 3. The highest BCUT2D eigenvalue weighted by molar-refractivity contribution is 5.26. The summed E-state index contributed by atoms with van der Waals surface area (Å²) in [7, 11) is 0. The fraction of sp³-hybridized carbons (Fsp3) is 0.905. The summed E-state index contributed by atoms with van der Waals surface area (Å²) in [6, 6.07) is 0. The van der Waals surface area contributed by atoms with E-state index in [2.05, 4.69) is 19.9 Å². The Morgan fingerprint density at radius 3 is 2.62 bits per heavy atom. The Bertz CT molecular complexity index is 546. The number of fused-ring (bicyclic) bond motifs is 5. The van der Waals surface area contributed by atoms with Crippen LogP contribution in [0, 0.1) is 28.6 Å². The Hall–Kier alpha value is -0.380. The molecule has 4 aliphatic rings. The third kappa shape index (κ3) is 2.13. The lowest BCUT2D eigenvalue weighted by atomic mass is 9.47. The molecule has 7 unspecified atom stereocenters. The maximum Gasteiger partial charge on any atom is 0.0715 e. The molecule has 4 rings (SSSR count). The van der Waals surface area contributed by atoms with E-state index >= 15 is 0 Å². The number of allylic oxidation sites excluding steroid dienone is 1. The molecule has 0 aliphatic heterocycles. The van der Waals surface area contributed by atoms with Crippen LogP contribution in [-0.4, -0.2) is 28.5 Å². The van der Waals surface area contributed by atoms with E-state index in [1.807, 2.05) is 0 Å². The second-order valence-electron chi connectivity index (χ2n) is 9.72. The van der Waals surface area contributed by atoms with Crippen molar-refractivity contribution in [3.63, 3.8) is 0 Å². The quantitative estimate of drug-likeness (QED) is 0.679. The van der Waals surface area contributed by atoms with Gasteiger partial charge in [0.2, 0.25) is 0 Å². The molecule has 0 amide bonds. The van der Waals surface area contributed by atoms with Crippen LogP contribution in [0.2, 0.25) is 0 Å². The predicted molar refractivity (Wildman–Crippen MR) is 96.3 cm³/mol. The van der Waals surface area contributed by atoms with Gasteiger partial charge in [-0.2, -0.15) is 0 Å². The Balaban J connectivity index is 1.65. The Morgan fingerprint density at radius 1 is 1.12 bits per heavy atom. The summed E-state index contributed by atoms with van der Waals surface area (Å²) in [6.07, 6.45) is 11.7. The Labute approximate surface area is 146 Å². The van der Waals surface area contributed by atoms with Gasteiger partial charge in [-0.3, -0.25) is 0 Å². The molecule has 3 nitrogen and oxygen atoms in total. The molecule has 0 spiro atoms. The third-order valence-corrected chi connectivity index (χ3v) is 8.96. The number of hydrogen-bond donors (Lipinski definition) is 3. The van der Waals surface area contributed by atoms with Crippen molar-refractivity contribution in [1.29, 1.82) is 0 Å². The monoisotopic (exact) mass is 333 g/mol. The molecule has 0 saturated heterocycles. The smallest absolute Gasteiger partial charge is 0.0715 e. The maximum absolute atomic E-state index is 11.3. The lowest BCUT2D eigenvalue weighted by Gasteiger charge is -2.59. The molecule has 4 aliphatic carbocycles. The first-order valence-corrected chi connectivity index (χ1v) is 10.1. The van der Waals surface area contributed by atoms with Crippen LogP contribution in [0.1, 0.15) is 71.6 Å². The zero-order valence-corrected chi connectivity index (χ0v) is 15.4. The lowest BCUT2D eigenvalue weighted by molar-refractivity contribution is -0.126. The van der Waals surface area contributed by atoms with Crippen LogP contribution in [0.4, 0.5) is 0 Å². The molecule has 0 aromatic heterocycles. The molecule has 3 fully saturated rings. The van der Waals surface area contributed by atoms with Crippen molar-refractivity contribution >= 4 is 0 Å². The maximum atomic E-state index is 11.3. The van der Waals surface area contributed by atoms with Crippen LogP contribution in [0.3, 0.4) is 0 Å². The summed E-state index contributed by atoms with van der Waals surface area (Å²) < 4.78 is 0. The Morgan fingerprint density at radius 2 is 1.88 bits per heavy atom. The molecule has 0 aromatic carbocycles. The molecular formula is C21H35NO2. The van der Waals surface area contributed by atoms with Crippen molar-refractivity contribution in [3.05, 3.63) is 11.6 Å². The average molecular weight is 334 g/mol. The van der Waals surface area contributed by atoms with E-state index in [9.17, 15) is 10.2 Å². The first kappa shape index (κ1) is 17.1. The van der Waals surface area contributed by atoms with E-state index in [0.717, 1.165) is 57.3 Å². The largest absolute Gasteiger partial charge is 0.393 e. The van der Waals surface area contributed by atoms with Gasteiger partial charge in [-0.05, 0) is 92.9 Å². The van der Waals surface area contributed by atoms with Crippen molar-refractivity contribution in [3.8, 4) is 0 Å². The first-order chi connectivity index (χ1) is 11.3. The standard InChI is InChI=1S/C21H35NO2/c1-19-8-5-15(23)13-14(19)3-4-16-17(19)6-9-20(2)18(16)7-10-21(20,24)11-12-22/h3,15-18,23-24H,4-13,22H2,1-2H3. The summed E-state index contributed by atoms with van der Waals surface area (Å²) in [4.78, 5) is 0. The topological polar surface area (TPSA) is 66.5 Å². The molecule has 4 N–H and O–H groups in total. The van der Waals surface area contributed by atoms with Crippen molar-refractivity contribution in [1.82, 2.24) is 0 Å². The highest BCUT2D eigenvalue weighted by atomic mass is 16.3. The number of aliphatic hydroxyl groups is 2. The van der Waals surface area contributed by atoms with Gasteiger partial charge in [-0.1, -0.05) is 25.5 Å². The average Bonchev–Trinajstić information content (AvgIpc) is 2.80. The summed E-state index contributed by atoms with van der Waals surface area (Å²) in [5.74, 6) is 2.08. The number of aliphatic hydroxyl groups excluding tert-OH is 1. The van der Waals surface area contributed by atoms with Crippen LogP contribution in [0.5, 0.6) is 0 Å². The molecule has 3 saturated carbocycles. The summed E-state index contributed by atoms with van der Waals surface area (Å²) in [5.41, 5.74) is 7.15. The Kier molecular flexibility index (Phi) is 3.95. The van der Waals surface area contributed by atoms with Crippen LogP contribution >= 0.6 is 0 Å². The van der Waals surface area contributed by atoms with Crippen LogP contribution in [0.25, 0.3) is 0 Å². The normalized spacial score (nSPS) is 53.8. The van der Waals surface area contributed by atoms with Crippen LogP contribution in [-0.2, 0) is 0 Å². The molecule has 7 atom stereocenters. The zero-order chi connectivity index (χ0) is 17.2. The van der Waals surface area contributed by atoms with Crippen molar-refractivity contribution in [2.75, 3.05) is 6.54 Å². The number of rotatable bonds is 2. The van der Waals surface area contributed by atoms with Crippen molar-refractivity contribution in [2.45, 2.75) is 83.3 Å². The van der Waals surface area contributed by atoms with Gasteiger partial charge in [0.25, 0.3) is 0 Å². The molecule has 0 radical (unpaired) electrons. The lowest BCUT2D eigenvalue weighted by Crippen LogP contribution is -2.55. The first-order valence-electron chi connectivity index (χ1n) is 10.1. The fourth-order valence-corrected chi connectivity index (χ4v) is 7.40. The van der Waals surface area contributed by atoms with E-state index < -0.39 is 5.60 Å². The van der Waals surface area contributed by atoms with Crippen LogP contribution < -0.4 is 5.73 Å². The van der Waals surface area contributed by atoms with Gasteiger partial charge in [0.1, 0.15) is 0 Å². The molecule has 24 heavy (non-hydrogen) atoms. The van der Waals surface area contributed by atoms with Crippen molar-refractivity contribution in [2.24, 2.45) is 34.3 Å². The highest BCUT2D eigenvalue weighted by Gasteiger charge is 2.63. The van der Waals surface area contributed by atoms with Crippen molar-refractivity contribution < 1.29 is 10.2 Å². The highest BCUT2D eigenvalue weighted by Crippen LogP contribution is 2.67. The zero-order valence-electron chi connectivity index (χ0n) is 15.4. The molecule has 0 aromatic rings. The van der Waals surface area contributed by atoms with Gasteiger partial charge in [0, 0.05) is 0 Å². The second kappa shape index (κ2) is 5.56. The molecule has 3 heteroatoms. The minimum Gasteiger partial charge on any atom is -0.393 e. The third-order valence-electron chi connectivity index (χ3n) is 8.96. The van der Waals surface area contributed by atoms with Gasteiger partial charge in [0.15, 0.2) is 0 Å². The molecule has 0 heterocycles. The van der Waals surface area contributed by atoms with E-state index in [1.165, 1.54) is 12.0 Å². The minimum absolute atomic E-state index is 0.0451. The van der Waals surface area contributed by atoms with Gasteiger partial charge in [-0.15, -0.1) is 0 Å².